The van der Waals surface area contributed by atoms with Crippen LogP contribution in [0.15, 0.2) is 12.1 Å². The zero-order chi connectivity index (χ0) is 15.6. The van der Waals surface area contributed by atoms with Crippen molar-refractivity contribution in [3.05, 3.63) is 22.8 Å². The number of rotatable bonds is 5. The second-order valence-corrected chi connectivity index (χ2v) is 7.96. The van der Waals surface area contributed by atoms with Crippen LogP contribution >= 0.6 is 11.6 Å². The van der Waals surface area contributed by atoms with E-state index < -0.39 is 20.5 Å². The summed E-state index contributed by atoms with van der Waals surface area (Å²) >= 11 is 5.75. The molecule has 7 nitrogen and oxygen atoms in total. The number of carbonyl (C=O) groups excluding carboxylic acids is 1. The van der Waals surface area contributed by atoms with Gasteiger partial charge in [-0.05, 0) is 26.0 Å². The van der Waals surface area contributed by atoms with Gasteiger partial charge in [-0.2, -0.15) is 0 Å². The summed E-state index contributed by atoms with van der Waals surface area (Å²) in [5.74, 6) is 4.99. The lowest BCUT2D eigenvalue weighted by atomic mass is 10.2. The zero-order valence-electron chi connectivity index (χ0n) is 11.4. The molecule has 1 aromatic rings. The largest absolute Gasteiger partial charge is 0.350 e. The van der Waals surface area contributed by atoms with E-state index in [9.17, 15) is 13.2 Å². The number of sulfone groups is 1. The van der Waals surface area contributed by atoms with Crippen LogP contribution in [0.3, 0.4) is 0 Å². The summed E-state index contributed by atoms with van der Waals surface area (Å²) in [7, 11) is -3.29. The van der Waals surface area contributed by atoms with Crippen molar-refractivity contribution in [1.29, 1.82) is 0 Å². The molecule has 20 heavy (non-hydrogen) atoms. The third-order valence-corrected chi connectivity index (χ3v) is 5.23. The first-order valence-corrected chi connectivity index (χ1v) is 7.96. The summed E-state index contributed by atoms with van der Waals surface area (Å²) in [4.78, 5) is 15.8. The quantitative estimate of drug-likeness (QED) is 0.415. The normalized spacial score (nSPS) is 12.1. The SMILES string of the molecule is CC(C)(CNC(=O)c1cc(Cl)nc(NN)c1)S(C)(=O)=O. The fraction of sp³-hybridized carbons (Fsp3) is 0.455. The molecule has 0 aliphatic carbocycles. The van der Waals surface area contributed by atoms with Gasteiger partial charge in [0.05, 0.1) is 4.75 Å². The third kappa shape index (κ3) is 4.06. The highest BCUT2D eigenvalue weighted by molar-refractivity contribution is 7.92. The number of hydrogen-bond acceptors (Lipinski definition) is 6. The van der Waals surface area contributed by atoms with Crippen molar-refractivity contribution in [2.24, 2.45) is 5.84 Å². The maximum atomic E-state index is 12.0. The van der Waals surface area contributed by atoms with Crippen LogP contribution in [-0.4, -0.2) is 36.9 Å². The van der Waals surface area contributed by atoms with Crippen molar-refractivity contribution in [2.75, 3.05) is 18.2 Å². The summed E-state index contributed by atoms with van der Waals surface area (Å²) in [6.07, 6.45) is 1.12. The van der Waals surface area contributed by atoms with Gasteiger partial charge >= 0.3 is 0 Å². The molecule has 112 valence electrons. The first-order valence-electron chi connectivity index (χ1n) is 5.69. The van der Waals surface area contributed by atoms with E-state index in [0.717, 1.165) is 6.26 Å². The highest BCUT2D eigenvalue weighted by atomic mass is 35.5. The molecule has 0 spiro atoms. The molecule has 9 heteroatoms. The van der Waals surface area contributed by atoms with Crippen LogP contribution in [0.5, 0.6) is 0 Å². The van der Waals surface area contributed by atoms with Crippen LogP contribution in [0.1, 0.15) is 24.2 Å². The Morgan fingerprint density at radius 3 is 2.55 bits per heavy atom. The molecule has 4 N–H and O–H groups in total. The molecule has 0 saturated carbocycles. The Hall–Kier alpha value is -1.38. The molecule has 0 unspecified atom stereocenters. The van der Waals surface area contributed by atoms with E-state index in [0.29, 0.717) is 0 Å². The number of pyridine rings is 1. The number of nitrogen functional groups attached to an aromatic ring is 1. The van der Waals surface area contributed by atoms with Gasteiger partial charge in [0.1, 0.15) is 11.0 Å². The predicted molar refractivity (Wildman–Crippen MR) is 78.3 cm³/mol. The van der Waals surface area contributed by atoms with Crippen molar-refractivity contribution in [2.45, 2.75) is 18.6 Å². The van der Waals surface area contributed by atoms with Crippen molar-refractivity contribution in [3.8, 4) is 0 Å². The average molecular weight is 321 g/mol. The number of amides is 1. The topological polar surface area (TPSA) is 114 Å². The fourth-order valence-corrected chi connectivity index (χ4v) is 1.77. The number of anilines is 1. The molecular formula is C11H17ClN4O3S. The Bertz CT molecular complexity index is 616. The summed E-state index contributed by atoms with van der Waals surface area (Å²) < 4.78 is 22.0. The molecule has 0 aliphatic rings. The number of halogens is 1. The van der Waals surface area contributed by atoms with E-state index in [1.54, 1.807) is 0 Å². The minimum Gasteiger partial charge on any atom is -0.350 e. The molecule has 0 bridgehead atoms. The van der Waals surface area contributed by atoms with E-state index in [-0.39, 0.29) is 23.1 Å². The van der Waals surface area contributed by atoms with Gasteiger partial charge in [-0.15, -0.1) is 0 Å². The molecule has 0 saturated heterocycles. The van der Waals surface area contributed by atoms with Gasteiger partial charge in [-0.3, -0.25) is 4.79 Å². The Morgan fingerprint density at radius 2 is 2.05 bits per heavy atom. The number of nitrogens with one attached hydrogen (secondary N) is 2. The standard InChI is InChI=1S/C11H17ClN4O3S/c1-11(2,20(3,18)19)6-14-10(17)7-4-8(12)15-9(5-7)16-13/h4-5H,6,13H2,1-3H3,(H,14,17)(H,15,16). The highest BCUT2D eigenvalue weighted by Gasteiger charge is 2.30. The fourth-order valence-electron chi connectivity index (χ4n) is 1.23. The van der Waals surface area contributed by atoms with Gasteiger partial charge in [0, 0.05) is 18.4 Å². The molecule has 1 amide bonds. The second kappa shape index (κ2) is 5.94. The Labute approximate surface area is 122 Å². The number of aromatic nitrogens is 1. The van der Waals surface area contributed by atoms with Crippen LogP contribution in [0.25, 0.3) is 0 Å². The summed E-state index contributed by atoms with van der Waals surface area (Å²) in [5.41, 5.74) is 2.53. The van der Waals surface area contributed by atoms with Crippen LogP contribution in [0, 0.1) is 0 Å². The molecule has 0 fully saturated rings. The van der Waals surface area contributed by atoms with Crippen molar-refractivity contribution in [1.82, 2.24) is 10.3 Å². The van der Waals surface area contributed by atoms with E-state index in [4.69, 9.17) is 17.4 Å². The van der Waals surface area contributed by atoms with Crippen molar-refractivity contribution < 1.29 is 13.2 Å². The zero-order valence-corrected chi connectivity index (χ0v) is 13.0. The van der Waals surface area contributed by atoms with E-state index in [1.807, 2.05) is 0 Å². The minimum atomic E-state index is -3.29. The lowest BCUT2D eigenvalue weighted by Gasteiger charge is -2.22. The highest BCUT2D eigenvalue weighted by Crippen LogP contribution is 2.16. The minimum absolute atomic E-state index is 0.0179. The van der Waals surface area contributed by atoms with Gasteiger partial charge < -0.3 is 10.7 Å². The monoisotopic (exact) mass is 320 g/mol. The maximum Gasteiger partial charge on any atom is 0.251 e. The number of hydrogen-bond donors (Lipinski definition) is 3. The van der Waals surface area contributed by atoms with Crippen LogP contribution in [0.4, 0.5) is 5.82 Å². The Morgan fingerprint density at radius 1 is 1.45 bits per heavy atom. The number of carbonyl (C=O) groups is 1. The van der Waals surface area contributed by atoms with E-state index >= 15 is 0 Å². The molecule has 1 aromatic heterocycles. The first-order chi connectivity index (χ1) is 9.06. The molecule has 1 rings (SSSR count). The Kier molecular flexibility index (Phi) is 4.95. The van der Waals surface area contributed by atoms with Crippen molar-refractivity contribution >= 4 is 33.2 Å². The van der Waals surface area contributed by atoms with Gasteiger partial charge in [0.15, 0.2) is 9.84 Å². The molecular weight excluding hydrogens is 304 g/mol. The average Bonchev–Trinajstić information content (AvgIpc) is 2.33. The number of nitrogens with two attached hydrogens (primary N) is 1. The predicted octanol–water partition coefficient (Wildman–Crippen LogP) is 0.574. The van der Waals surface area contributed by atoms with E-state index in [1.165, 1.54) is 26.0 Å². The summed E-state index contributed by atoms with van der Waals surface area (Å²) in [5, 5.41) is 2.66. The first kappa shape index (κ1) is 16.7. The van der Waals surface area contributed by atoms with Gasteiger partial charge in [0.2, 0.25) is 0 Å². The number of hydrazine groups is 1. The van der Waals surface area contributed by atoms with Crippen LogP contribution in [0.2, 0.25) is 5.15 Å². The lowest BCUT2D eigenvalue weighted by Crippen LogP contribution is -2.43. The van der Waals surface area contributed by atoms with Crippen molar-refractivity contribution in [3.63, 3.8) is 0 Å². The van der Waals surface area contributed by atoms with Gasteiger partial charge in [-0.25, -0.2) is 19.2 Å². The molecule has 0 aromatic carbocycles. The third-order valence-electron chi connectivity index (χ3n) is 2.88. The smallest absolute Gasteiger partial charge is 0.251 e. The summed E-state index contributed by atoms with van der Waals surface area (Å²) in [6, 6.07) is 2.78. The van der Waals surface area contributed by atoms with Crippen LogP contribution < -0.4 is 16.6 Å². The summed E-state index contributed by atoms with van der Waals surface area (Å²) in [6.45, 7) is 3.06. The maximum absolute atomic E-state index is 12.0. The van der Waals surface area contributed by atoms with Crippen LogP contribution in [-0.2, 0) is 9.84 Å². The molecule has 0 radical (unpaired) electrons. The van der Waals surface area contributed by atoms with Gasteiger partial charge in [-0.1, -0.05) is 11.6 Å². The molecule has 0 atom stereocenters. The molecule has 1 heterocycles. The van der Waals surface area contributed by atoms with E-state index in [2.05, 4.69) is 15.7 Å². The molecule has 0 aliphatic heterocycles. The Balaban J connectivity index is 2.85. The van der Waals surface area contributed by atoms with Gasteiger partial charge in [0.25, 0.3) is 5.91 Å². The second-order valence-electron chi connectivity index (χ2n) is 4.92. The number of nitrogens with zero attached hydrogens (tertiary/aromatic N) is 1. The lowest BCUT2D eigenvalue weighted by molar-refractivity contribution is 0.0950.